The molecule has 2 heteroatoms. The SMILES string of the molecule is Oc1ccccc1-c1ccc2c(c1)[C@H](C1CC1)OC2. The van der Waals surface area contributed by atoms with Gasteiger partial charge >= 0.3 is 0 Å². The van der Waals surface area contributed by atoms with Crippen molar-refractivity contribution in [3.8, 4) is 16.9 Å². The van der Waals surface area contributed by atoms with Gasteiger partial charge in [-0.25, -0.2) is 0 Å². The summed E-state index contributed by atoms with van der Waals surface area (Å²) in [5.74, 6) is 1.05. The monoisotopic (exact) mass is 252 g/mol. The second-order valence-corrected chi connectivity index (χ2v) is 5.50. The molecule has 0 aromatic heterocycles. The molecule has 0 saturated heterocycles. The number of phenols is 1. The molecule has 1 atom stereocenters. The molecule has 1 saturated carbocycles. The summed E-state index contributed by atoms with van der Waals surface area (Å²) in [5, 5.41) is 9.97. The Morgan fingerprint density at radius 3 is 2.68 bits per heavy atom. The van der Waals surface area contributed by atoms with E-state index in [1.165, 1.54) is 24.0 Å². The Labute approximate surface area is 112 Å². The number of rotatable bonds is 2. The summed E-state index contributed by atoms with van der Waals surface area (Å²) in [5.41, 5.74) is 4.60. The van der Waals surface area contributed by atoms with E-state index in [1.54, 1.807) is 6.07 Å². The summed E-state index contributed by atoms with van der Waals surface area (Å²) < 4.78 is 5.91. The predicted octanol–water partition coefficient (Wildman–Crippen LogP) is 4.04. The van der Waals surface area contributed by atoms with E-state index in [0.29, 0.717) is 11.7 Å². The fourth-order valence-corrected chi connectivity index (χ4v) is 2.93. The van der Waals surface area contributed by atoms with Crippen LogP contribution < -0.4 is 0 Å². The van der Waals surface area contributed by atoms with E-state index in [1.807, 2.05) is 18.2 Å². The standard InChI is InChI=1S/C17H16O2/c18-16-4-2-1-3-14(16)12-7-8-13-10-19-17(11-5-6-11)15(13)9-12/h1-4,7-9,11,17-18H,5-6,10H2/t17-/m0/s1. The van der Waals surface area contributed by atoms with Gasteiger partial charge in [-0.1, -0.05) is 30.3 Å². The summed E-state index contributed by atoms with van der Waals surface area (Å²) in [4.78, 5) is 0. The van der Waals surface area contributed by atoms with E-state index in [2.05, 4.69) is 18.2 Å². The zero-order valence-electron chi connectivity index (χ0n) is 10.7. The number of hydrogen-bond donors (Lipinski definition) is 1. The Morgan fingerprint density at radius 2 is 1.89 bits per heavy atom. The third-order valence-corrected chi connectivity index (χ3v) is 4.14. The van der Waals surface area contributed by atoms with Crippen LogP contribution in [0.2, 0.25) is 0 Å². The van der Waals surface area contributed by atoms with Crippen molar-refractivity contribution in [2.45, 2.75) is 25.6 Å². The molecule has 1 N–H and O–H groups in total. The molecule has 2 aromatic rings. The lowest BCUT2D eigenvalue weighted by molar-refractivity contribution is 0.0507. The van der Waals surface area contributed by atoms with Crippen molar-refractivity contribution in [3.63, 3.8) is 0 Å². The molecule has 0 amide bonds. The Hall–Kier alpha value is -1.80. The van der Waals surface area contributed by atoms with Crippen LogP contribution in [0.5, 0.6) is 5.75 Å². The number of benzene rings is 2. The van der Waals surface area contributed by atoms with E-state index in [4.69, 9.17) is 4.74 Å². The van der Waals surface area contributed by atoms with Gasteiger partial charge in [0.1, 0.15) is 5.75 Å². The van der Waals surface area contributed by atoms with Gasteiger partial charge in [-0.3, -0.25) is 0 Å². The fourth-order valence-electron chi connectivity index (χ4n) is 2.93. The normalized spacial score (nSPS) is 21.4. The van der Waals surface area contributed by atoms with E-state index in [9.17, 15) is 5.11 Å². The molecule has 0 bridgehead atoms. The van der Waals surface area contributed by atoms with Crippen LogP contribution >= 0.6 is 0 Å². The van der Waals surface area contributed by atoms with Crippen LogP contribution in [0.25, 0.3) is 11.1 Å². The van der Waals surface area contributed by atoms with E-state index in [0.717, 1.165) is 17.7 Å². The molecular formula is C17H16O2. The largest absolute Gasteiger partial charge is 0.507 e. The van der Waals surface area contributed by atoms with Gasteiger partial charge in [-0.05, 0) is 47.6 Å². The molecule has 4 rings (SSSR count). The van der Waals surface area contributed by atoms with Gasteiger partial charge in [0, 0.05) is 5.56 Å². The van der Waals surface area contributed by atoms with Gasteiger partial charge in [-0.15, -0.1) is 0 Å². The molecule has 19 heavy (non-hydrogen) atoms. The first-order valence-corrected chi connectivity index (χ1v) is 6.86. The lowest BCUT2D eigenvalue weighted by Gasteiger charge is -2.11. The number of para-hydroxylation sites is 1. The smallest absolute Gasteiger partial charge is 0.123 e. The van der Waals surface area contributed by atoms with E-state index in [-0.39, 0.29) is 6.10 Å². The van der Waals surface area contributed by atoms with Crippen LogP contribution in [0.3, 0.4) is 0 Å². The molecule has 1 heterocycles. The highest BCUT2D eigenvalue weighted by molar-refractivity contribution is 5.71. The third-order valence-electron chi connectivity index (χ3n) is 4.14. The number of fused-ring (bicyclic) bond motifs is 1. The fraction of sp³-hybridized carbons (Fsp3) is 0.294. The topological polar surface area (TPSA) is 29.5 Å². The lowest BCUT2D eigenvalue weighted by Crippen LogP contribution is -1.98. The Kier molecular flexibility index (Phi) is 2.39. The molecule has 1 aliphatic heterocycles. The van der Waals surface area contributed by atoms with Gasteiger partial charge in [0.15, 0.2) is 0 Å². The van der Waals surface area contributed by atoms with Crippen molar-refractivity contribution < 1.29 is 9.84 Å². The van der Waals surface area contributed by atoms with Crippen LogP contribution in [0.1, 0.15) is 30.1 Å². The maximum absolute atomic E-state index is 9.97. The van der Waals surface area contributed by atoms with Gasteiger partial charge in [-0.2, -0.15) is 0 Å². The summed E-state index contributed by atoms with van der Waals surface area (Å²) in [6.07, 6.45) is 2.84. The summed E-state index contributed by atoms with van der Waals surface area (Å²) >= 11 is 0. The molecule has 2 nitrogen and oxygen atoms in total. The zero-order chi connectivity index (χ0) is 12.8. The third kappa shape index (κ3) is 1.83. The first kappa shape index (κ1) is 11.1. The molecule has 0 spiro atoms. The minimum atomic E-state index is 0.279. The average molecular weight is 252 g/mol. The first-order chi connectivity index (χ1) is 9.33. The van der Waals surface area contributed by atoms with Crippen LogP contribution in [0, 0.1) is 5.92 Å². The van der Waals surface area contributed by atoms with Crippen LogP contribution in [0.15, 0.2) is 42.5 Å². The summed E-state index contributed by atoms with van der Waals surface area (Å²) in [7, 11) is 0. The van der Waals surface area contributed by atoms with Gasteiger partial charge < -0.3 is 9.84 Å². The quantitative estimate of drug-likeness (QED) is 0.874. The van der Waals surface area contributed by atoms with Gasteiger partial charge in [0.25, 0.3) is 0 Å². The highest BCUT2D eigenvalue weighted by Gasteiger charge is 2.37. The second kappa shape index (κ2) is 4.10. The highest BCUT2D eigenvalue weighted by Crippen LogP contribution is 2.48. The molecule has 0 unspecified atom stereocenters. The van der Waals surface area contributed by atoms with Gasteiger partial charge in [0.2, 0.25) is 0 Å². The van der Waals surface area contributed by atoms with Crippen LogP contribution in [-0.4, -0.2) is 5.11 Å². The molecule has 2 aliphatic rings. The predicted molar refractivity (Wildman–Crippen MR) is 73.8 cm³/mol. The van der Waals surface area contributed by atoms with Crippen molar-refractivity contribution in [2.75, 3.05) is 0 Å². The van der Waals surface area contributed by atoms with Crippen molar-refractivity contribution in [1.82, 2.24) is 0 Å². The highest BCUT2D eigenvalue weighted by atomic mass is 16.5. The van der Waals surface area contributed by atoms with Crippen molar-refractivity contribution in [2.24, 2.45) is 5.92 Å². The molecule has 0 radical (unpaired) electrons. The number of ether oxygens (including phenoxy) is 1. The Morgan fingerprint density at radius 1 is 1.05 bits per heavy atom. The summed E-state index contributed by atoms with van der Waals surface area (Å²) in [6.45, 7) is 0.734. The Balaban J connectivity index is 1.79. The second-order valence-electron chi connectivity index (χ2n) is 5.50. The molecule has 2 aromatic carbocycles. The maximum Gasteiger partial charge on any atom is 0.123 e. The van der Waals surface area contributed by atoms with Crippen molar-refractivity contribution >= 4 is 0 Å². The van der Waals surface area contributed by atoms with Crippen molar-refractivity contribution in [3.05, 3.63) is 53.6 Å². The minimum Gasteiger partial charge on any atom is -0.507 e. The molecular weight excluding hydrogens is 236 g/mol. The van der Waals surface area contributed by atoms with Crippen LogP contribution in [0.4, 0.5) is 0 Å². The van der Waals surface area contributed by atoms with E-state index < -0.39 is 0 Å². The summed E-state index contributed by atoms with van der Waals surface area (Å²) in [6, 6.07) is 13.9. The van der Waals surface area contributed by atoms with Gasteiger partial charge in [0.05, 0.1) is 12.7 Å². The van der Waals surface area contributed by atoms with Crippen molar-refractivity contribution in [1.29, 1.82) is 0 Å². The number of hydrogen-bond acceptors (Lipinski definition) is 2. The maximum atomic E-state index is 9.97. The molecule has 96 valence electrons. The minimum absolute atomic E-state index is 0.279. The van der Waals surface area contributed by atoms with E-state index >= 15 is 0 Å². The zero-order valence-corrected chi connectivity index (χ0v) is 10.7. The number of aromatic hydroxyl groups is 1. The van der Waals surface area contributed by atoms with Crippen LogP contribution in [-0.2, 0) is 11.3 Å². The average Bonchev–Trinajstić information content (AvgIpc) is 3.19. The lowest BCUT2D eigenvalue weighted by atomic mass is 9.96. The Bertz CT molecular complexity index is 629. The first-order valence-electron chi connectivity index (χ1n) is 6.86. The molecule has 1 fully saturated rings. The number of phenolic OH excluding ortho intramolecular Hbond substituents is 1. The molecule has 1 aliphatic carbocycles.